The molecule has 9 heteroatoms. The Balaban J connectivity index is 1.58. The molecule has 3 aromatic heterocycles. The van der Waals surface area contributed by atoms with E-state index in [1.165, 1.54) is 19.3 Å². The fourth-order valence-electron chi connectivity index (χ4n) is 3.31. The number of furan rings is 1. The average molecular weight is 417 g/mol. The number of rotatable bonds is 6. The minimum atomic E-state index is -0.146. The van der Waals surface area contributed by atoms with Crippen LogP contribution in [0.4, 0.5) is 5.95 Å². The van der Waals surface area contributed by atoms with Crippen LogP contribution in [0.25, 0.3) is 0 Å². The van der Waals surface area contributed by atoms with Gasteiger partial charge >= 0.3 is 0 Å². The van der Waals surface area contributed by atoms with Gasteiger partial charge in [0.2, 0.25) is 11.8 Å². The SMILES string of the molecule is C[C@H](Sc1nnc(N2CCCCC2)n1Cc1ccco1)c1nc(C(C)(C)C)no1. The highest BCUT2D eigenvalue weighted by molar-refractivity contribution is 7.99. The van der Waals surface area contributed by atoms with Gasteiger partial charge < -0.3 is 13.8 Å². The number of nitrogens with zero attached hydrogens (tertiary/aromatic N) is 6. The first-order chi connectivity index (χ1) is 13.9. The third kappa shape index (κ3) is 4.49. The molecule has 0 amide bonds. The van der Waals surface area contributed by atoms with E-state index >= 15 is 0 Å². The highest BCUT2D eigenvalue weighted by Gasteiger charge is 2.26. The third-order valence-electron chi connectivity index (χ3n) is 4.97. The van der Waals surface area contributed by atoms with Crippen molar-refractivity contribution in [3.8, 4) is 0 Å². The molecule has 156 valence electrons. The van der Waals surface area contributed by atoms with Crippen molar-refractivity contribution >= 4 is 17.7 Å². The first kappa shape index (κ1) is 20.0. The number of piperidine rings is 1. The van der Waals surface area contributed by atoms with Crippen molar-refractivity contribution in [1.29, 1.82) is 0 Å². The van der Waals surface area contributed by atoms with Gasteiger partial charge in [-0.15, -0.1) is 10.2 Å². The third-order valence-corrected chi connectivity index (χ3v) is 6.04. The molecular weight excluding hydrogens is 388 g/mol. The molecule has 1 saturated heterocycles. The summed E-state index contributed by atoms with van der Waals surface area (Å²) in [6, 6.07) is 3.88. The Morgan fingerprint density at radius 2 is 1.97 bits per heavy atom. The zero-order valence-corrected chi connectivity index (χ0v) is 18.3. The maximum absolute atomic E-state index is 5.59. The summed E-state index contributed by atoms with van der Waals surface area (Å²) in [7, 11) is 0. The second-order valence-electron chi connectivity index (χ2n) is 8.46. The topological polar surface area (TPSA) is 86.0 Å². The Hall–Kier alpha value is -2.29. The van der Waals surface area contributed by atoms with Gasteiger partial charge in [0.05, 0.1) is 18.1 Å². The zero-order valence-electron chi connectivity index (χ0n) is 17.5. The molecule has 0 unspecified atom stereocenters. The molecule has 29 heavy (non-hydrogen) atoms. The van der Waals surface area contributed by atoms with Crippen LogP contribution in [0.15, 0.2) is 32.5 Å². The summed E-state index contributed by atoms with van der Waals surface area (Å²) in [5, 5.41) is 14.0. The van der Waals surface area contributed by atoms with E-state index in [-0.39, 0.29) is 10.7 Å². The van der Waals surface area contributed by atoms with Gasteiger partial charge in [0.15, 0.2) is 11.0 Å². The molecule has 0 radical (unpaired) electrons. The van der Waals surface area contributed by atoms with Gasteiger partial charge in [-0.2, -0.15) is 4.98 Å². The van der Waals surface area contributed by atoms with Crippen LogP contribution in [0.2, 0.25) is 0 Å². The lowest BCUT2D eigenvalue weighted by molar-refractivity contribution is 0.364. The van der Waals surface area contributed by atoms with Crippen LogP contribution in [-0.2, 0) is 12.0 Å². The molecule has 1 aliphatic heterocycles. The number of hydrogen-bond donors (Lipinski definition) is 0. The molecule has 0 N–H and O–H groups in total. The zero-order chi connectivity index (χ0) is 20.4. The van der Waals surface area contributed by atoms with Crippen molar-refractivity contribution in [2.75, 3.05) is 18.0 Å². The van der Waals surface area contributed by atoms with E-state index in [1.807, 2.05) is 12.1 Å². The highest BCUT2D eigenvalue weighted by atomic mass is 32.2. The van der Waals surface area contributed by atoms with Crippen molar-refractivity contribution < 1.29 is 8.94 Å². The van der Waals surface area contributed by atoms with Crippen LogP contribution < -0.4 is 4.90 Å². The minimum absolute atomic E-state index is 0.0349. The highest BCUT2D eigenvalue weighted by Crippen LogP contribution is 2.36. The maximum Gasteiger partial charge on any atom is 0.239 e. The van der Waals surface area contributed by atoms with E-state index < -0.39 is 0 Å². The van der Waals surface area contributed by atoms with Crippen LogP contribution >= 0.6 is 11.8 Å². The fourth-order valence-corrected chi connectivity index (χ4v) is 4.18. The summed E-state index contributed by atoms with van der Waals surface area (Å²) in [4.78, 5) is 6.91. The summed E-state index contributed by atoms with van der Waals surface area (Å²) in [6.07, 6.45) is 5.34. The molecular formula is C20H28N6O2S. The van der Waals surface area contributed by atoms with E-state index in [1.54, 1.807) is 18.0 Å². The molecule has 3 aromatic rings. The van der Waals surface area contributed by atoms with Gasteiger partial charge in [-0.25, -0.2) is 0 Å². The summed E-state index contributed by atoms with van der Waals surface area (Å²) >= 11 is 1.58. The predicted octanol–water partition coefficient (Wildman–Crippen LogP) is 4.44. The molecule has 1 atom stereocenters. The van der Waals surface area contributed by atoms with E-state index in [9.17, 15) is 0 Å². The minimum Gasteiger partial charge on any atom is -0.467 e. The molecule has 0 aromatic carbocycles. The lowest BCUT2D eigenvalue weighted by atomic mass is 9.96. The maximum atomic E-state index is 5.59. The number of anilines is 1. The van der Waals surface area contributed by atoms with Gasteiger partial charge in [0.25, 0.3) is 0 Å². The molecule has 0 bridgehead atoms. The largest absolute Gasteiger partial charge is 0.467 e. The van der Waals surface area contributed by atoms with Gasteiger partial charge in [-0.05, 0) is 38.3 Å². The second kappa shape index (κ2) is 8.22. The lowest BCUT2D eigenvalue weighted by Gasteiger charge is -2.27. The van der Waals surface area contributed by atoms with Crippen LogP contribution in [0.1, 0.15) is 69.7 Å². The van der Waals surface area contributed by atoms with Gasteiger partial charge in [0, 0.05) is 18.5 Å². The smallest absolute Gasteiger partial charge is 0.239 e. The van der Waals surface area contributed by atoms with Crippen LogP contribution in [0.5, 0.6) is 0 Å². The monoisotopic (exact) mass is 416 g/mol. The molecule has 0 spiro atoms. The van der Waals surface area contributed by atoms with Gasteiger partial charge in [-0.1, -0.05) is 37.7 Å². The van der Waals surface area contributed by atoms with Crippen LogP contribution in [-0.4, -0.2) is 38.0 Å². The van der Waals surface area contributed by atoms with Crippen molar-refractivity contribution in [1.82, 2.24) is 24.9 Å². The van der Waals surface area contributed by atoms with E-state index in [2.05, 4.69) is 57.5 Å². The average Bonchev–Trinajstić information content (AvgIpc) is 3.44. The number of aromatic nitrogens is 5. The van der Waals surface area contributed by atoms with E-state index in [4.69, 9.17) is 8.94 Å². The summed E-state index contributed by atoms with van der Waals surface area (Å²) in [5.74, 6) is 3.10. The van der Waals surface area contributed by atoms with Crippen LogP contribution in [0, 0.1) is 0 Å². The van der Waals surface area contributed by atoms with E-state index in [0.717, 1.165) is 30.0 Å². The van der Waals surface area contributed by atoms with Crippen molar-refractivity contribution in [2.45, 2.75) is 69.3 Å². The van der Waals surface area contributed by atoms with Gasteiger partial charge in [-0.3, -0.25) is 4.57 Å². The van der Waals surface area contributed by atoms with E-state index in [0.29, 0.717) is 18.3 Å². The molecule has 0 aliphatic carbocycles. The summed E-state index contributed by atoms with van der Waals surface area (Å²) in [6.45, 7) is 10.9. The summed E-state index contributed by atoms with van der Waals surface area (Å²) in [5.41, 5.74) is -0.146. The second-order valence-corrected chi connectivity index (χ2v) is 9.77. The molecule has 8 nitrogen and oxygen atoms in total. The Bertz CT molecular complexity index is 921. The normalized spacial score (nSPS) is 16.3. The standard InChI is InChI=1S/C20H28N6O2S/c1-14(16-21-17(24-28-16)20(2,3)4)29-19-23-22-18(25-10-6-5-7-11-25)26(19)13-15-9-8-12-27-15/h8-9,12,14H,5-7,10-11,13H2,1-4H3/t14-/m0/s1. The Morgan fingerprint density at radius 3 is 2.62 bits per heavy atom. The molecule has 0 saturated carbocycles. The summed E-state index contributed by atoms with van der Waals surface area (Å²) < 4.78 is 13.2. The lowest BCUT2D eigenvalue weighted by Crippen LogP contribution is -2.32. The molecule has 4 rings (SSSR count). The van der Waals surface area contributed by atoms with Crippen molar-refractivity contribution in [3.63, 3.8) is 0 Å². The Labute approximate surface area is 175 Å². The number of thioether (sulfide) groups is 1. The van der Waals surface area contributed by atoms with Crippen molar-refractivity contribution in [2.24, 2.45) is 0 Å². The molecule has 1 aliphatic rings. The first-order valence-electron chi connectivity index (χ1n) is 10.1. The molecule has 4 heterocycles. The predicted molar refractivity (Wildman–Crippen MR) is 111 cm³/mol. The van der Waals surface area contributed by atoms with Crippen LogP contribution in [0.3, 0.4) is 0 Å². The number of hydrogen-bond acceptors (Lipinski definition) is 8. The molecule has 1 fully saturated rings. The quantitative estimate of drug-likeness (QED) is 0.545. The van der Waals surface area contributed by atoms with Gasteiger partial charge in [0.1, 0.15) is 5.76 Å². The Morgan fingerprint density at radius 1 is 1.17 bits per heavy atom. The first-order valence-corrected chi connectivity index (χ1v) is 11.0. The fraction of sp³-hybridized carbons (Fsp3) is 0.600. The van der Waals surface area contributed by atoms with Crippen molar-refractivity contribution in [3.05, 3.63) is 35.9 Å². The Kier molecular flexibility index (Phi) is 5.67.